The van der Waals surface area contributed by atoms with Gasteiger partial charge in [-0.1, -0.05) is 75.8 Å². The van der Waals surface area contributed by atoms with Gasteiger partial charge in [0.25, 0.3) is 11.5 Å². The molecule has 12 heteroatoms. The molecule has 1 amide bonds. The Morgan fingerprint density at radius 1 is 1.07 bits per heavy atom. The van der Waals surface area contributed by atoms with Crippen LogP contribution >= 0.6 is 24.0 Å². The summed E-state index contributed by atoms with van der Waals surface area (Å²) in [6.07, 6.45) is 12.8. The Hall–Kier alpha value is -3.17. The summed E-state index contributed by atoms with van der Waals surface area (Å²) in [4.78, 5) is 54.7. The molecule has 1 atom stereocenters. The van der Waals surface area contributed by atoms with Crippen LogP contribution < -0.4 is 10.5 Å². The summed E-state index contributed by atoms with van der Waals surface area (Å²) in [5, 5.41) is 18.7. The number of ether oxygens (including phenoxy) is 1. The first-order valence-corrected chi connectivity index (χ1v) is 17.9. The quantitative estimate of drug-likeness (QED) is 0.0808. The van der Waals surface area contributed by atoms with Crippen molar-refractivity contribution in [2.75, 3.05) is 31.1 Å². The van der Waals surface area contributed by atoms with E-state index in [2.05, 4.69) is 11.0 Å². The number of hydrogen-bond acceptors (Lipinski definition) is 9. The van der Waals surface area contributed by atoms with E-state index in [4.69, 9.17) is 22.1 Å². The van der Waals surface area contributed by atoms with Gasteiger partial charge in [0.2, 0.25) is 0 Å². The number of hydrogen-bond donors (Lipinski definition) is 1. The number of esters is 1. The molecule has 2 aliphatic heterocycles. The van der Waals surface area contributed by atoms with E-state index in [1.54, 1.807) is 29.4 Å². The first-order valence-electron chi connectivity index (χ1n) is 16.7. The lowest BCUT2D eigenvalue weighted by Gasteiger charge is -2.36. The van der Waals surface area contributed by atoms with Crippen molar-refractivity contribution >= 4 is 58.0 Å². The number of amides is 1. The summed E-state index contributed by atoms with van der Waals surface area (Å²) < 4.78 is 7.47. The molecular formula is C34H48N4O6S2. The fraction of sp³-hybridized carbons (Fsp3) is 0.647. The maximum Gasteiger partial charge on any atom is 0.310 e. The first-order chi connectivity index (χ1) is 22.1. The highest BCUT2D eigenvalue weighted by Crippen LogP contribution is 2.37. The van der Waals surface area contributed by atoms with Gasteiger partial charge in [0, 0.05) is 38.2 Å². The maximum atomic E-state index is 13.6. The number of nitrogens with zero attached hydrogens (tertiary/aromatic N) is 4. The van der Waals surface area contributed by atoms with E-state index < -0.39 is 5.97 Å². The van der Waals surface area contributed by atoms with Gasteiger partial charge in [-0.25, -0.2) is 0 Å². The highest BCUT2D eigenvalue weighted by molar-refractivity contribution is 8.26. The van der Waals surface area contributed by atoms with Crippen molar-refractivity contribution in [2.24, 2.45) is 5.92 Å². The number of aliphatic carboxylic acids is 1. The van der Waals surface area contributed by atoms with E-state index in [1.165, 1.54) is 11.8 Å². The molecule has 3 rings (SSSR count). The number of thioether (sulfide) groups is 1. The van der Waals surface area contributed by atoms with Crippen LogP contribution in [0.2, 0.25) is 0 Å². The minimum absolute atomic E-state index is 0.0578. The third-order valence-electron chi connectivity index (χ3n) is 8.59. The van der Waals surface area contributed by atoms with Crippen LogP contribution in [0.4, 0.5) is 5.82 Å². The van der Waals surface area contributed by atoms with E-state index in [9.17, 15) is 24.4 Å². The monoisotopic (exact) mass is 672 g/mol. The lowest BCUT2D eigenvalue weighted by molar-refractivity contribution is -0.148. The summed E-state index contributed by atoms with van der Waals surface area (Å²) in [6, 6.07) is 2.10. The number of rotatable bonds is 18. The molecule has 1 aromatic rings. The third kappa shape index (κ3) is 9.91. The minimum Gasteiger partial charge on any atom is -0.481 e. The Kier molecular flexibility index (Phi) is 15.3. The minimum atomic E-state index is -0.741. The molecule has 0 spiro atoms. The van der Waals surface area contributed by atoms with Crippen molar-refractivity contribution in [3.63, 3.8) is 0 Å². The highest BCUT2D eigenvalue weighted by atomic mass is 32.2. The fourth-order valence-electron chi connectivity index (χ4n) is 6.06. The zero-order chi connectivity index (χ0) is 33.6. The van der Waals surface area contributed by atoms with Crippen molar-refractivity contribution in [1.29, 1.82) is 5.26 Å². The molecule has 0 saturated carbocycles. The molecule has 2 aliphatic rings. The van der Waals surface area contributed by atoms with Gasteiger partial charge in [-0.3, -0.25) is 28.6 Å². The van der Waals surface area contributed by atoms with Crippen LogP contribution in [0.5, 0.6) is 0 Å². The summed E-state index contributed by atoms with van der Waals surface area (Å²) in [7, 11) is 0. The van der Waals surface area contributed by atoms with Crippen LogP contribution in [0, 0.1) is 24.2 Å². The Labute approximate surface area is 282 Å². The topological polar surface area (TPSA) is 133 Å². The second-order valence-electron chi connectivity index (χ2n) is 12.0. The number of unbranched alkanes of at least 4 members (excludes halogenated alkanes) is 8. The average molecular weight is 673 g/mol. The lowest BCUT2D eigenvalue weighted by Crippen LogP contribution is -2.43. The van der Waals surface area contributed by atoms with Crippen molar-refractivity contribution in [1.82, 2.24) is 9.47 Å². The number of thiocarbonyl (C=S) groups is 1. The molecule has 0 bridgehead atoms. The van der Waals surface area contributed by atoms with E-state index >= 15 is 0 Å². The zero-order valence-corrected chi connectivity index (χ0v) is 29.1. The van der Waals surface area contributed by atoms with E-state index in [0.717, 1.165) is 70.6 Å². The van der Waals surface area contributed by atoms with Gasteiger partial charge in [0.05, 0.1) is 17.4 Å². The van der Waals surface area contributed by atoms with Gasteiger partial charge in [0.15, 0.2) is 0 Å². The number of pyridine rings is 1. The molecule has 2 fully saturated rings. The number of anilines is 1. The number of nitriles is 1. The van der Waals surface area contributed by atoms with Crippen LogP contribution in [0.15, 0.2) is 9.70 Å². The molecule has 0 aromatic carbocycles. The molecule has 46 heavy (non-hydrogen) atoms. The SMILES string of the molecule is CCCCn1c(N2CCCC(C(=O)OCC)C2)c(/C=C2\SC(=S)N(CCCCCCCCCCC(=O)O)C2=O)c(C)c(C#N)c1=O. The van der Waals surface area contributed by atoms with E-state index in [0.29, 0.717) is 65.4 Å². The number of carboxylic acids is 1. The summed E-state index contributed by atoms with van der Waals surface area (Å²) in [6.45, 7) is 7.85. The summed E-state index contributed by atoms with van der Waals surface area (Å²) in [5.41, 5.74) is 0.858. The molecule has 10 nitrogen and oxygen atoms in total. The second kappa shape index (κ2) is 18.8. The van der Waals surface area contributed by atoms with Gasteiger partial charge in [0.1, 0.15) is 21.8 Å². The predicted molar refractivity (Wildman–Crippen MR) is 186 cm³/mol. The maximum absolute atomic E-state index is 13.6. The molecule has 1 N–H and O–H groups in total. The molecule has 1 aromatic heterocycles. The molecule has 2 saturated heterocycles. The number of aromatic nitrogens is 1. The number of carbonyl (C=O) groups is 3. The van der Waals surface area contributed by atoms with E-state index in [-0.39, 0.29) is 35.3 Å². The molecule has 3 heterocycles. The van der Waals surface area contributed by atoms with Crippen LogP contribution in [-0.2, 0) is 25.7 Å². The van der Waals surface area contributed by atoms with Gasteiger partial charge in [-0.15, -0.1) is 0 Å². The largest absolute Gasteiger partial charge is 0.481 e. The highest BCUT2D eigenvalue weighted by Gasteiger charge is 2.34. The molecule has 252 valence electrons. The molecule has 0 radical (unpaired) electrons. The average Bonchev–Trinajstić information content (AvgIpc) is 3.30. The van der Waals surface area contributed by atoms with Crippen LogP contribution in [0.1, 0.15) is 114 Å². The Morgan fingerprint density at radius 3 is 2.37 bits per heavy atom. The lowest BCUT2D eigenvalue weighted by atomic mass is 9.96. The smallest absolute Gasteiger partial charge is 0.310 e. The Balaban J connectivity index is 1.81. The van der Waals surface area contributed by atoms with Crippen LogP contribution in [0.3, 0.4) is 0 Å². The Bertz CT molecular complexity index is 1400. The summed E-state index contributed by atoms with van der Waals surface area (Å²) in [5.74, 6) is -0.862. The molecule has 1 unspecified atom stereocenters. The number of piperidine rings is 1. The fourth-order valence-corrected chi connectivity index (χ4v) is 7.35. The molecule has 0 aliphatic carbocycles. The van der Waals surface area contributed by atoms with Gasteiger partial charge in [-0.2, -0.15) is 5.26 Å². The van der Waals surface area contributed by atoms with Crippen molar-refractivity contribution < 1.29 is 24.2 Å². The van der Waals surface area contributed by atoms with E-state index in [1.807, 2.05) is 6.92 Å². The third-order valence-corrected chi connectivity index (χ3v) is 9.97. The van der Waals surface area contributed by atoms with Crippen LogP contribution in [-0.4, -0.2) is 63.0 Å². The second-order valence-corrected chi connectivity index (χ2v) is 13.7. The number of carboxylic acid groups (broad SMARTS) is 1. The Morgan fingerprint density at radius 2 is 1.74 bits per heavy atom. The summed E-state index contributed by atoms with van der Waals surface area (Å²) >= 11 is 6.86. The van der Waals surface area contributed by atoms with Gasteiger partial charge >= 0.3 is 11.9 Å². The first kappa shape index (κ1) is 37.3. The van der Waals surface area contributed by atoms with Crippen LogP contribution in [0.25, 0.3) is 6.08 Å². The predicted octanol–water partition coefficient (Wildman–Crippen LogP) is 6.40. The van der Waals surface area contributed by atoms with Crippen molar-refractivity contribution in [3.05, 3.63) is 31.9 Å². The standard InChI is InChI=1S/C34H48N4O6S2/c1-4-6-19-37-30(36-18-15-16-25(23-36)33(43)44-5-2)26(24(3)27(22-35)31(37)41)21-28-32(42)38(34(45)46-28)20-14-12-10-8-7-9-11-13-17-29(39)40/h21,25H,4-20,23H2,1-3H3,(H,39,40)/b28-21-. The number of carbonyl (C=O) groups excluding carboxylic acids is 2. The van der Waals surface area contributed by atoms with Crippen molar-refractivity contribution in [3.8, 4) is 6.07 Å². The van der Waals surface area contributed by atoms with Crippen molar-refractivity contribution in [2.45, 2.75) is 111 Å². The van der Waals surface area contributed by atoms with Gasteiger partial charge < -0.3 is 14.7 Å². The zero-order valence-electron chi connectivity index (χ0n) is 27.5. The molecular weight excluding hydrogens is 625 g/mol. The van der Waals surface area contributed by atoms with Gasteiger partial charge in [-0.05, 0) is 57.6 Å². The normalized spacial score (nSPS) is 17.5.